The van der Waals surface area contributed by atoms with E-state index in [4.69, 9.17) is 17.3 Å². The van der Waals surface area contributed by atoms with Crippen molar-refractivity contribution >= 4 is 11.6 Å². The Balaban J connectivity index is 1.95. The Morgan fingerprint density at radius 3 is 2.52 bits per heavy atom. The molecule has 106 valence electrons. The Kier molecular flexibility index (Phi) is 3.78. The molecular weight excluding hydrogens is 282 g/mol. The normalized spacial score (nSPS) is 12.3. The number of aromatic nitrogens is 2. The zero-order valence-corrected chi connectivity index (χ0v) is 12.5. The molecule has 3 aromatic rings. The molecule has 0 aliphatic heterocycles. The summed E-state index contributed by atoms with van der Waals surface area (Å²) in [6.07, 6.45) is 3.83. The lowest BCUT2D eigenvalue weighted by molar-refractivity contribution is 0.819. The van der Waals surface area contributed by atoms with Gasteiger partial charge in [-0.05, 0) is 36.2 Å². The smallest absolute Gasteiger partial charge is 0.0645 e. The monoisotopic (exact) mass is 297 g/mol. The van der Waals surface area contributed by atoms with Gasteiger partial charge in [-0.1, -0.05) is 41.9 Å². The van der Waals surface area contributed by atoms with Crippen molar-refractivity contribution in [3.63, 3.8) is 0 Å². The number of hydrogen-bond donors (Lipinski definition) is 1. The van der Waals surface area contributed by atoms with Crippen molar-refractivity contribution in [1.82, 2.24) is 9.78 Å². The van der Waals surface area contributed by atoms with Crippen LogP contribution in [0.25, 0.3) is 16.8 Å². The second-order valence-corrected chi connectivity index (χ2v) is 5.44. The van der Waals surface area contributed by atoms with E-state index in [1.807, 2.05) is 72.5 Å². The van der Waals surface area contributed by atoms with Gasteiger partial charge in [0.15, 0.2) is 0 Å². The predicted octanol–water partition coefficient (Wildman–Crippen LogP) is 4.21. The summed E-state index contributed by atoms with van der Waals surface area (Å²) in [6, 6.07) is 15.9. The fourth-order valence-corrected chi connectivity index (χ4v) is 2.62. The summed E-state index contributed by atoms with van der Waals surface area (Å²) in [5.41, 5.74) is 9.93. The van der Waals surface area contributed by atoms with Crippen molar-refractivity contribution in [1.29, 1.82) is 0 Å². The molecule has 1 heterocycles. The van der Waals surface area contributed by atoms with Crippen molar-refractivity contribution in [3.8, 4) is 16.8 Å². The van der Waals surface area contributed by atoms with Crippen molar-refractivity contribution in [3.05, 3.63) is 71.5 Å². The number of hydrogen-bond acceptors (Lipinski definition) is 2. The Bertz CT molecular complexity index is 748. The standard InChI is InChI=1S/C17H16ClN3/c1-12(19)16-8-7-13(9-17(16)18)14-10-20-21(11-14)15-5-3-2-4-6-15/h2-12H,19H2,1H3. The molecular formula is C17H16ClN3. The van der Waals surface area contributed by atoms with Crippen LogP contribution in [0, 0.1) is 0 Å². The van der Waals surface area contributed by atoms with Crippen LogP contribution in [0.1, 0.15) is 18.5 Å². The molecule has 21 heavy (non-hydrogen) atoms. The lowest BCUT2D eigenvalue weighted by Crippen LogP contribution is -2.05. The fraction of sp³-hybridized carbons (Fsp3) is 0.118. The van der Waals surface area contributed by atoms with Crippen LogP contribution in [-0.4, -0.2) is 9.78 Å². The van der Waals surface area contributed by atoms with E-state index >= 15 is 0 Å². The van der Waals surface area contributed by atoms with Gasteiger partial charge in [0, 0.05) is 22.8 Å². The average molecular weight is 298 g/mol. The van der Waals surface area contributed by atoms with E-state index in [1.165, 1.54) is 0 Å². The quantitative estimate of drug-likeness (QED) is 0.787. The fourth-order valence-electron chi connectivity index (χ4n) is 2.27. The molecule has 4 heteroatoms. The molecule has 2 aromatic carbocycles. The number of benzene rings is 2. The van der Waals surface area contributed by atoms with Gasteiger partial charge in [-0.3, -0.25) is 0 Å². The molecule has 1 atom stereocenters. The lowest BCUT2D eigenvalue weighted by atomic mass is 10.0. The summed E-state index contributed by atoms with van der Waals surface area (Å²) < 4.78 is 1.85. The maximum Gasteiger partial charge on any atom is 0.0645 e. The van der Waals surface area contributed by atoms with Gasteiger partial charge in [0.2, 0.25) is 0 Å². The highest BCUT2D eigenvalue weighted by atomic mass is 35.5. The summed E-state index contributed by atoms with van der Waals surface area (Å²) in [6.45, 7) is 1.92. The second kappa shape index (κ2) is 5.72. The number of nitrogens with zero attached hydrogens (tertiary/aromatic N) is 2. The highest BCUT2D eigenvalue weighted by molar-refractivity contribution is 6.31. The molecule has 2 N–H and O–H groups in total. The van der Waals surface area contributed by atoms with E-state index in [0.717, 1.165) is 22.4 Å². The van der Waals surface area contributed by atoms with Crippen LogP contribution in [0.2, 0.25) is 5.02 Å². The third-order valence-electron chi connectivity index (χ3n) is 3.43. The minimum absolute atomic E-state index is 0.0707. The maximum absolute atomic E-state index is 6.29. The molecule has 0 saturated carbocycles. The first-order valence-electron chi connectivity index (χ1n) is 6.80. The zero-order valence-electron chi connectivity index (χ0n) is 11.7. The molecule has 0 radical (unpaired) electrons. The summed E-state index contributed by atoms with van der Waals surface area (Å²) in [4.78, 5) is 0. The first-order chi connectivity index (χ1) is 10.1. The minimum Gasteiger partial charge on any atom is -0.324 e. The summed E-state index contributed by atoms with van der Waals surface area (Å²) in [5, 5.41) is 5.09. The topological polar surface area (TPSA) is 43.8 Å². The molecule has 0 aliphatic rings. The SMILES string of the molecule is CC(N)c1ccc(-c2cnn(-c3ccccc3)c2)cc1Cl. The second-order valence-electron chi connectivity index (χ2n) is 5.03. The van der Waals surface area contributed by atoms with Crippen molar-refractivity contribution in [2.75, 3.05) is 0 Å². The first kappa shape index (κ1) is 13.9. The van der Waals surface area contributed by atoms with Gasteiger partial charge in [-0.15, -0.1) is 0 Å². The molecule has 1 aromatic heterocycles. The number of rotatable bonds is 3. The van der Waals surface area contributed by atoms with Crippen LogP contribution in [-0.2, 0) is 0 Å². The molecule has 1 unspecified atom stereocenters. The summed E-state index contributed by atoms with van der Waals surface area (Å²) >= 11 is 6.29. The van der Waals surface area contributed by atoms with Gasteiger partial charge in [0.25, 0.3) is 0 Å². The van der Waals surface area contributed by atoms with Gasteiger partial charge >= 0.3 is 0 Å². The van der Waals surface area contributed by atoms with E-state index in [1.54, 1.807) is 0 Å². The van der Waals surface area contributed by atoms with Gasteiger partial charge < -0.3 is 5.73 Å². The van der Waals surface area contributed by atoms with Gasteiger partial charge in [-0.25, -0.2) is 4.68 Å². The third-order valence-corrected chi connectivity index (χ3v) is 3.76. The molecule has 0 saturated heterocycles. The molecule has 3 nitrogen and oxygen atoms in total. The molecule has 0 fully saturated rings. The number of para-hydroxylation sites is 1. The van der Waals surface area contributed by atoms with E-state index in [2.05, 4.69) is 5.10 Å². The first-order valence-corrected chi connectivity index (χ1v) is 7.18. The Labute approximate surface area is 129 Å². The molecule has 0 spiro atoms. The zero-order chi connectivity index (χ0) is 14.8. The Morgan fingerprint density at radius 2 is 1.86 bits per heavy atom. The van der Waals surface area contributed by atoms with Gasteiger partial charge in [0.05, 0.1) is 11.9 Å². The predicted molar refractivity (Wildman–Crippen MR) is 86.6 cm³/mol. The maximum atomic E-state index is 6.29. The highest BCUT2D eigenvalue weighted by Gasteiger charge is 2.09. The van der Waals surface area contributed by atoms with Gasteiger partial charge in [0.1, 0.15) is 0 Å². The lowest BCUT2D eigenvalue weighted by Gasteiger charge is -2.09. The third kappa shape index (κ3) is 2.84. The van der Waals surface area contributed by atoms with Gasteiger partial charge in [-0.2, -0.15) is 5.10 Å². The Morgan fingerprint density at radius 1 is 1.10 bits per heavy atom. The average Bonchev–Trinajstić information content (AvgIpc) is 2.97. The Hall–Kier alpha value is -2.10. The van der Waals surface area contributed by atoms with Crippen LogP contribution in [0.15, 0.2) is 60.9 Å². The van der Waals surface area contributed by atoms with Crippen molar-refractivity contribution < 1.29 is 0 Å². The van der Waals surface area contributed by atoms with Crippen LogP contribution < -0.4 is 5.73 Å². The number of halogens is 1. The number of nitrogens with two attached hydrogens (primary N) is 1. The van der Waals surface area contributed by atoms with E-state index in [9.17, 15) is 0 Å². The summed E-state index contributed by atoms with van der Waals surface area (Å²) in [7, 11) is 0. The van der Waals surface area contributed by atoms with E-state index in [-0.39, 0.29) is 6.04 Å². The van der Waals surface area contributed by atoms with Crippen molar-refractivity contribution in [2.45, 2.75) is 13.0 Å². The van der Waals surface area contributed by atoms with E-state index < -0.39 is 0 Å². The molecule has 3 rings (SSSR count). The summed E-state index contributed by atoms with van der Waals surface area (Å²) in [5.74, 6) is 0. The molecule has 0 amide bonds. The van der Waals surface area contributed by atoms with Crippen LogP contribution in [0.5, 0.6) is 0 Å². The highest BCUT2D eigenvalue weighted by Crippen LogP contribution is 2.28. The van der Waals surface area contributed by atoms with Crippen LogP contribution in [0.3, 0.4) is 0 Å². The van der Waals surface area contributed by atoms with Crippen LogP contribution in [0.4, 0.5) is 0 Å². The molecule has 0 aliphatic carbocycles. The minimum atomic E-state index is -0.0707. The van der Waals surface area contributed by atoms with Crippen LogP contribution >= 0.6 is 11.6 Å². The van der Waals surface area contributed by atoms with Crippen molar-refractivity contribution in [2.24, 2.45) is 5.73 Å². The molecule has 0 bridgehead atoms. The largest absolute Gasteiger partial charge is 0.324 e. The van der Waals surface area contributed by atoms with E-state index in [0.29, 0.717) is 5.02 Å².